The maximum atomic E-state index is 12.8. The number of rotatable bonds is 46. The molecule has 0 radical (unpaired) electrons. The van der Waals surface area contributed by atoms with Gasteiger partial charge in [-0.05, 0) is 96.7 Å². The van der Waals surface area contributed by atoms with Crippen molar-refractivity contribution in [2.24, 2.45) is 0 Å². The molecule has 1 unspecified atom stereocenters. The maximum absolute atomic E-state index is 12.8. The molecule has 0 spiro atoms. The summed E-state index contributed by atoms with van der Waals surface area (Å²) >= 11 is 0. The monoisotopic (exact) mass is 843 g/mol. The van der Waals surface area contributed by atoms with Gasteiger partial charge in [0.1, 0.15) is 12.2 Å². The van der Waals surface area contributed by atoms with Crippen LogP contribution in [-0.4, -0.2) is 69.4 Å². The Morgan fingerprint density at radius 2 is 0.793 bits per heavy atom. The molecule has 0 bridgehead atoms. The molecule has 0 saturated carbocycles. The van der Waals surface area contributed by atoms with Gasteiger partial charge >= 0.3 is 11.9 Å². The van der Waals surface area contributed by atoms with Crippen LogP contribution in [0, 0.1) is 0 Å². The molecule has 0 fully saturated rings. The lowest BCUT2D eigenvalue weighted by atomic mass is 10.0. The van der Waals surface area contributed by atoms with Crippen molar-refractivity contribution in [1.29, 1.82) is 0 Å². The Hall–Kier alpha value is -1.19. The Labute approximate surface area is 361 Å². The molecule has 346 valence electrons. The van der Waals surface area contributed by atoms with E-state index in [1.165, 1.54) is 96.3 Å². The van der Waals surface area contributed by atoms with Gasteiger partial charge in [0, 0.05) is 19.4 Å². The lowest BCUT2D eigenvalue weighted by Crippen LogP contribution is -2.31. The van der Waals surface area contributed by atoms with Crippen LogP contribution in [-0.2, 0) is 29.1 Å². The van der Waals surface area contributed by atoms with Crippen LogP contribution in [0.2, 0.25) is 0 Å². The van der Waals surface area contributed by atoms with E-state index in [2.05, 4.69) is 37.3 Å². The van der Waals surface area contributed by atoms with E-state index >= 15 is 0 Å². The third-order valence-corrected chi connectivity index (χ3v) is 13.2. The summed E-state index contributed by atoms with van der Waals surface area (Å²) in [5.74, 6) is 0.118. The summed E-state index contributed by atoms with van der Waals surface area (Å²) < 4.78 is 38.9. The van der Waals surface area contributed by atoms with E-state index in [1.807, 2.05) is 6.92 Å². The molecule has 0 aliphatic rings. The highest BCUT2D eigenvalue weighted by Crippen LogP contribution is 2.19. The van der Waals surface area contributed by atoms with Gasteiger partial charge in [-0.3, -0.25) is 9.59 Å². The molecule has 0 aromatic carbocycles. The van der Waals surface area contributed by atoms with Crippen molar-refractivity contribution in [2.45, 2.75) is 272 Å². The first-order valence-corrected chi connectivity index (χ1v) is 26.9. The Morgan fingerprint density at radius 3 is 1.21 bits per heavy atom. The number of hydrogen-bond acceptors (Lipinski definition) is 7. The SMILES string of the molecule is CCCCCCCCC(CC)OC(=O)CCCCCCCN(CCCCCCCC(=O)OC(CCCCCCCC)CCCCCCCC)CCCS(=O)(=O)NCC. The van der Waals surface area contributed by atoms with Crippen molar-refractivity contribution in [3.8, 4) is 0 Å². The largest absolute Gasteiger partial charge is 0.462 e. The molecule has 1 atom stereocenters. The number of esters is 2. The summed E-state index contributed by atoms with van der Waals surface area (Å²) in [6.45, 7) is 13.9. The summed E-state index contributed by atoms with van der Waals surface area (Å²) in [5.41, 5.74) is 0. The van der Waals surface area contributed by atoms with E-state index in [0.717, 1.165) is 129 Å². The van der Waals surface area contributed by atoms with Gasteiger partial charge in [0.25, 0.3) is 0 Å². The van der Waals surface area contributed by atoms with Crippen LogP contribution in [0.25, 0.3) is 0 Å². The molecule has 8 nitrogen and oxygen atoms in total. The van der Waals surface area contributed by atoms with Crippen molar-refractivity contribution in [1.82, 2.24) is 9.62 Å². The van der Waals surface area contributed by atoms with Gasteiger partial charge in [0.2, 0.25) is 10.0 Å². The maximum Gasteiger partial charge on any atom is 0.306 e. The highest BCUT2D eigenvalue weighted by Gasteiger charge is 2.16. The lowest BCUT2D eigenvalue weighted by molar-refractivity contribution is -0.150. The molecule has 9 heteroatoms. The molecule has 0 saturated heterocycles. The second-order valence-electron chi connectivity index (χ2n) is 17.3. The number of ether oxygens (including phenoxy) is 2. The van der Waals surface area contributed by atoms with Crippen molar-refractivity contribution in [3.63, 3.8) is 0 Å². The Kier molecular flexibility index (Phi) is 41.6. The number of hydrogen-bond donors (Lipinski definition) is 1. The second kappa shape index (κ2) is 42.5. The summed E-state index contributed by atoms with van der Waals surface area (Å²) in [5, 5.41) is 0. The van der Waals surface area contributed by atoms with E-state index in [0.29, 0.717) is 25.8 Å². The second-order valence-corrected chi connectivity index (χ2v) is 19.3. The van der Waals surface area contributed by atoms with Crippen molar-refractivity contribution < 1.29 is 27.5 Å². The van der Waals surface area contributed by atoms with Crippen molar-refractivity contribution in [2.75, 3.05) is 31.9 Å². The predicted octanol–water partition coefficient (Wildman–Crippen LogP) is 13.8. The normalized spacial score (nSPS) is 12.5. The number of nitrogens with zero attached hydrogens (tertiary/aromatic N) is 1. The highest BCUT2D eigenvalue weighted by molar-refractivity contribution is 7.89. The average Bonchev–Trinajstić information content (AvgIpc) is 3.19. The first-order chi connectivity index (χ1) is 28.2. The summed E-state index contributed by atoms with van der Waals surface area (Å²) in [6.07, 6.45) is 39.0. The number of unbranched alkanes of at least 4 members (excludes halogenated alkanes) is 23. The predicted molar refractivity (Wildman–Crippen MR) is 248 cm³/mol. The minimum atomic E-state index is -3.21. The van der Waals surface area contributed by atoms with Gasteiger partial charge in [0.15, 0.2) is 0 Å². The third kappa shape index (κ3) is 39.0. The van der Waals surface area contributed by atoms with Crippen LogP contribution in [0.3, 0.4) is 0 Å². The third-order valence-electron chi connectivity index (χ3n) is 11.7. The summed E-state index contributed by atoms with van der Waals surface area (Å²) in [6, 6.07) is 0. The van der Waals surface area contributed by atoms with Gasteiger partial charge in [-0.2, -0.15) is 0 Å². The van der Waals surface area contributed by atoms with Crippen molar-refractivity contribution in [3.05, 3.63) is 0 Å². The van der Waals surface area contributed by atoms with E-state index in [1.54, 1.807) is 0 Å². The van der Waals surface area contributed by atoms with Crippen LogP contribution in [0.5, 0.6) is 0 Å². The first kappa shape index (κ1) is 56.8. The van der Waals surface area contributed by atoms with E-state index in [4.69, 9.17) is 9.47 Å². The van der Waals surface area contributed by atoms with Gasteiger partial charge < -0.3 is 14.4 Å². The zero-order valence-corrected chi connectivity index (χ0v) is 40.1. The van der Waals surface area contributed by atoms with Crippen LogP contribution < -0.4 is 4.72 Å². The Morgan fingerprint density at radius 1 is 0.448 bits per heavy atom. The summed E-state index contributed by atoms with van der Waals surface area (Å²) in [7, 11) is -3.21. The molecule has 0 heterocycles. The zero-order valence-electron chi connectivity index (χ0n) is 39.2. The number of carbonyl (C=O) groups excluding carboxylic acids is 2. The number of carbonyl (C=O) groups is 2. The van der Waals surface area contributed by atoms with Gasteiger partial charge in [-0.15, -0.1) is 0 Å². The lowest BCUT2D eigenvalue weighted by Gasteiger charge is -2.22. The van der Waals surface area contributed by atoms with Gasteiger partial charge in [-0.1, -0.05) is 169 Å². The average molecular weight is 843 g/mol. The minimum Gasteiger partial charge on any atom is -0.462 e. The highest BCUT2D eigenvalue weighted by atomic mass is 32.2. The fourth-order valence-corrected chi connectivity index (χ4v) is 9.02. The Bertz CT molecular complexity index is 993. The minimum absolute atomic E-state index is 0.00970. The molecule has 0 aliphatic heterocycles. The topological polar surface area (TPSA) is 102 Å². The molecule has 0 aromatic heterocycles. The number of sulfonamides is 1. The standard InChI is InChI=1S/C49H98N2O6S/c1-6-11-14-17-22-29-37-46(9-4)56-48(52)40-32-25-20-27-34-42-51(44-36-45-58(54,55)50-10-5)43-35-28-21-26-33-41-49(53)57-47(38-30-23-18-15-12-7-2)39-31-24-19-16-13-8-3/h46-47,50H,6-45H2,1-5H3. The quantitative estimate of drug-likeness (QED) is 0.0481. The van der Waals surface area contributed by atoms with E-state index < -0.39 is 10.0 Å². The molecule has 0 aromatic rings. The molecular weight excluding hydrogens is 745 g/mol. The van der Waals surface area contributed by atoms with E-state index in [9.17, 15) is 18.0 Å². The van der Waals surface area contributed by atoms with Crippen molar-refractivity contribution >= 4 is 22.0 Å². The fraction of sp³-hybridized carbons (Fsp3) is 0.959. The zero-order chi connectivity index (χ0) is 42.8. The van der Waals surface area contributed by atoms with Crippen LogP contribution >= 0.6 is 0 Å². The fourth-order valence-electron chi connectivity index (χ4n) is 7.93. The van der Waals surface area contributed by atoms with E-state index in [-0.39, 0.29) is 29.9 Å². The van der Waals surface area contributed by atoms with Crippen LogP contribution in [0.4, 0.5) is 0 Å². The van der Waals surface area contributed by atoms with Gasteiger partial charge in [-0.25, -0.2) is 13.1 Å². The van der Waals surface area contributed by atoms with Crippen LogP contribution in [0.15, 0.2) is 0 Å². The molecule has 0 rings (SSSR count). The smallest absolute Gasteiger partial charge is 0.306 e. The molecule has 0 amide bonds. The van der Waals surface area contributed by atoms with Gasteiger partial charge in [0.05, 0.1) is 5.75 Å². The molecule has 1 N–H and O–H groups in total. The molecule has 58 heavy (non-hydrogen) atoms. The van der Waals surface area contributed by atoms with Crippen LogP contribution in [0.1, 0.15) is 259 Å². The number of nitrogens with one attached hydrogen (secondary N) is 1. The summed E-state index contributed by atoms with van der Waals surface area (Å²) in [4.78, 5) is 27.7. The molecule has 0 aliphatic carbocycles. The Balaban J connectivity index is 4.49. The first-order valence-electron chi connectivity index (χ1n) is 25.3. The molecular formula is C49H98N2O6S.